The fraction of sp³-hybridized carbons (Fsp3) is 0.556. The summed E-state index contributed by atoms with van der Waals surface area (Å²) >= 11 is 0. The van der Waals surface area contributed by atoms with Crippen molar-refractivity contribution in [2.24, 2.45) is 4.99 Å². The van der Waals surface area contributed by atoms with Gasteiger partial charge in [-0.1, -0.05) is 44.5 Å². The number of rotatable bonds is 8. The Morgan fingerprint density at radius 1 is 1.12 bits per heavy atom. The van der Waals surface area contributed by atoms with Gasteiger partial charge in [0.25, 0.3) is 0 Å². The van der Waals surface area contributed by atoms with Crippen LogP contribution in [0.2, 0.25) is 0 Å². The van der Waals surface area contributed by atoms with Gasteiger partial charge in [0.15, 0.2) is 5.96 Å². The summed E-state index contributed by atoms with van der Waals surface area (Å²) in [4.78, 5) is 17.9. The van der Waals surface area contributed by atoms with Gasteiger partial charge in [-0.15, -0.1) is 24.0 Å². The molecule has 0 atom stereocenters. The van der Waals surface area contributed by atoms with Gasteiger partial charge < -0.3 is 15.5 Å². The van der Waals surface area contributed by atoms with E-state index in [2.05, 4.69) is 47.7 Å². The fourth-order valence-corrected chi connectivity index (χ4v) is 2.10. The van der Waals surface area contributed by atoms with Gasteiger partial charge in [0.05, 0.1) is 13.1 Å². The molecule has 2 N–H and O–H groups in total. The van der Waals surface area contributed by atoms with E-state index < -0.39 is 0 Å². The smallest absolute Gasteiger partial charge is 0.241 e. The van der Waals surface area contributed by atoms with Gasteiger partial charge >= 0.3 is 0 Å². The second-order valence-corrected chi connectivity index (χ2v) is 5.71. The van der Waals surface area contributed by atoms with Crippen molar-refractivity contribution in [3.63, 3.8) is 0 Å². The number of aryl methyl sites for hydroxylation is 1. The van der Waals surface area contributed by atoms with Crippen LogP contribution >= 0.6 is 24.0 Å². The topological polar surface area (TPSA) is 56.7 Å². The van der Waals surface area contributed by atoms with Crippen LogP contribution in [-0.4, -0.2) is 44.0 Å². The van der Waals surface area contributed by atoms with E-state index in [0.717, 1.165) is 25.8 Å². The fourth-order valence-electron chi connectivity index (χ4n) is 2.10. The largest absolute Gasteiger partial charge is 0.356 e. The molecule has 6 heteroatoms. The average molecular weight is 446 g/mol. The number of carbonyl (C=O) groups is 1. The number of carbonyl (C=O) groups excluding carboxylic acids is 1. The molecular formula is C18H31IN4O. The molecule has 0 saturated carbocycles. The molecular weight excluding hydrogens is 415 g/mol. The van der Waals surface area contributed by atoms with Crippen LogP contribution < -0.4 is 10.6 Å². The van der Waals surface area contributed by atoms with Crippen LogP contribution in [0.15, 0.2) is 29.3 Å². The Kier molecular flexibility index (Phi) is 12.3. The summed E-state index contributed by atoms with van der Waals surface area (Å²) in [5.41, 5.74) is 2.54. The van der Waals surface area contributed by atoms with Crippen LogP contribution in [0.25, 0.3) is 0 Å². The SMILES string of the molecule is CCCCNC(=NCc1ccccc1CC)NCC(=O)N(C)C.I. The van der Waals surface area contributed by atoms with Gasteiger partial charge in [-0.2, -0.15) is 0 Å². The van der Waals surface area contributed by atoms with Gasteiger partial charge in [-0.3, -0.25) is 4.79 Å². The van der Waals surface area contributed by atoms with Crippen molar-refractivity contribution >= 4 is 35.8 Å². The normalized spacial score (nSPS) is 10.8. The average Bonchev–Trinajstić information content (AvgIpc) is 2.56. The molecule has 1 amide bonds. The highest BCUT2D eigenvalue weighted by Gasteiger charge is 2.06. The molecule has 0 spiro atoms. The van der Waals surface area contributed by atoms with Crippen molar-refractivity contribution in [1.82, 2.24) is 15.5 Å². The van der Waals surface area contributed by atoms with E-state index >= 15 is 0 Å². The summed E-state index contributed by atoms with van der Waals surface area (Å²) in [6.07, 6.45) is 3.19. The van der Waals surface area contributed by atoms with Gasteiger partial charge in [0.1, 0.15) is 0 Å². The number of guanidine groups is 1. The molecule has 0 radical (unpaired) electrons. The number of nitrogens with zero attached hydrogens (tertiary/aromatic N) is 2. The lowest BCUT2D eigenvalue weighted by Gasteiger charge is -2.15. The number of nitrogens with one attached hydrogen (secondary N) is 2. The minimum absolute atomic E-state index is 0. The van der Waals surface area contributed by atoms with Gasteiger partial charge in [0, 0.05) is 20.6 Å². The summed E-state index contributed by atoms with van der Waals surface area (Å²) in [7, 11) is 3.51. The molecule has 0 aliphatic heterocycles. The zero-order valence-corrected chi connectivity index (χ0v) is 17.6. The third kappa shape index (κ3) is 8.52. The van der Waals surface area contributed by atoms with Crippen molar-refractivity contribution in [3.8, 4) is 0 Å². The Morgan fingerprint density at radius 2 is 1.79 bits per heavy atom. The van der Waals surface area contributed by atoms with Crippen molar-refractivity contribution in [1.29, 1.82) is 0 Å². The van der Waals surface area contributed by atoms with Gasteiger partial charge in [-0.05, 0) is 24.0 Å². The minimum atomic E-state index is 0. The Labute approximate surface area is 163 Å². The first-order valence-corrected chi connectivity index (χ1v) is 8.37. The highest BCUT2D eigenvalue weighted by atomic mass is 127. The maximum Gasteiger partial charge on any atom is 0.241 e. The van der Waals surface area contributed by atoms with E-state index in [-0.39, 0.29) is 36.4 Å². The van der Waals surface area contributed by atoms with Gasteiger partial charge in [0.2, 0.25) is 5.91 Å². The lowest BCUT2D eigenvalue weighted by atomic mass is 10.1. The summed E-state index contributed by atoms with van der Waals surface area (Å²) < 4.78 is 0. The third-order valence-electron chi connectivity index (χ3n) is 3.64. The molecule has 1 aromatic rings. The molecule has 136 valence electrons. The quantitative estimate of drug-likeness (QED) is 0.280. The first kappa shape index (κ1) is 22.7. The maximum absolute atomic E-state index is 11.7. The summed E-state index contributed by atoms with van der Waals surface area (Å²) in [5, 5.41) is 6.41. The number of halogens is 1. The first-order valence-electron chi connectivity index (χ1n) is 8.37. The Hall–Kier alpha value is -1.31. The number of hydrogen-bond donors (Lipinski definition) is 2. The van der Waals surface area contributed by atoms with Crippen LogP contribution in [-0.2, 0) is 17.8 Å². The van der Waals surface area contributed by atoms with Crippen LogP contribution in [0.1, 0.15) is 37.8 Å². The maximum atomic E-state index is 11.7. The molecule has 0 fully saturated rings. The van der Waals surface area contributed by atoms with Crippen LogP contribution in [0.5, 0.6) is 0 Å². The Bertz CT molecular complexity index is 517. The van der Waals surface area contributed by atoms with E-state index in [0.29, 0.717) is 12.5 Å². The summed E-state index contributed by atoms with van der Waals surface area (Å²) in [6, 6.07) is 8.34. The minimum Gasteiger partial charge on any atom is -0.356 e. The molecule has 0 aliphatic carbocycles. The predicted molar refractivity (Wildman–Crippen MR) is 112 cm³/mol. The highest BCUT2D eigenvalue weighted by molar-refractivity contribution is 14.0. The van der Waals surface area contributed by atoms with Crippen molar-refractivity contribution < 1.29 is 4.79 Å². The van der Waals surface area contributed by atoms with Crippen molar-refractivity contribution in [3.05, 3.63) is 35.4 Å². The highest BCUT2D eigenvalue weighted by Crippen LogP contribution is 2.10. The first-order chi connectivity index (χ1) is 11.1. The van der Waals surface area contributed by atoms with E-state index in [1.54, 1.807) is 19.0 Å². The number of likely N-dealkylation sites (N-methyl/N-ethyl adjacent to an activating group) is 1. The predicted octanol–water partition coefficient (Wildman–Crippen LogP) is 2.79. The van der Waals surface area contributed by atoms with Crippen LogP contribution in [0, 0.1) is 0 Å². The second-order valence-electron chi connectivity index (χ2n) is 5.71. The van der Waals surface area contributed by atoms with E-state index in [1.165, 1.54) is 11.1 Å². The second kappa shape index (κ2) is 13.0. The van der Waals surface area contributed by atoms with Crippen LogP contribution in [0.3, 0.4) is 0 Å². The molecule has 0 unspecified atom stereocenters. The zero-order valence-electron chi connectivity index (χ0n) is 15.3. The number of aliphatic imine (C=N–C) groups is 1. The molecule has 0 aliphatic rings. The van der Waals surface area contributed by atoms with E-state index in [9.17, 15) is 4.79 Å². The molecule has 0 aromatic heterocycles. The summed E-state index contributed by atoms with van der Waals surface area (Å²) in [5.74, 6) is 0.725. The third-order valence-corrected chi connectivity index (χ3v) is 3.64. The number of hydrogen-bond acceptors (Lipinski definition) is 2. The molecule has 0 bridgehead atoms. The lowest BCUT2D eigenvalue weighted by molar-refractivity contribution is -0.127. The molecule has 0 heterocycles. The van der Waals surface area contributed by atoms with Crippen molar-refractivity contribution in [2.45, 2.75) is 39.7 Å². The van der Waals surface area contributed by atoms with Gasteiger partial charge in [-0.25, -0.2) is 4.99 Å². The molecule has 0 saturated heterocycles. The Morgan fingerprint density at radius 3 is 2.38 bits per heavy atom. The standard InChI is InChI=1S/C18H30N4O.HI/c1-5-7-12-19-18(21-14-17(23)22(3)4)20-13-16-11-9-8-10-15(16)6-2;/h8-11H,5-7,12-14H2,1-4H3,(H2,19,20,21);1H. The number of amides is 1. The van der Waals surface area contributed by atoms with Crippen LogP contribution in [0.4, 0.5) is 0 Å². The number of unbranched alkanes of at least 4 members (excludes halogenated alkanes) is 1. The van der Waals surface area contributed by atoms with Crippen molar-refractivity contribution in [2.75, 3.05) is 27.2 Å². The molecule has 1 rings (SSSR count). The summed E-state index contributed by atoms with van der Waals surface area (Å²) in [6.45, 7) is 6.02. The van der Waals surface area contributed by atoms with E-state index in [1.807, 2.05) is 6.07 Å². The number of benzene rings is 1. The lowest BCUT2D eigenvalue weighted by Crippen LogP contribution is -2.43. The monoisotopic (exact) mass is 446 g/mol. The molecule has 5 nitrogen and oxygen atoms in total. The molecule has 24 heavy (non-hydrogen) atoms. The van der Waals surface area contributed by atoms with E-state index in [4.69, 9.17) is 0 Å². The Balaban J connectivity index is 0.00000529. The molecule has 1 aromatic carbocycles. The zero-order chi connectivity index (χ0) is 17.1.